The zero-order valence-electron chi connectivity index (χ0n) is 27.8. The lowest BCUT2D eigenvalue weighted by Gasteiger charge is -2.44. The number of amides is 2. The van der Waals surface area contributed by atoms with Crippen molar-refractivity contribution >= 4 is 23.8 Å². The van der Waals surface area contributed by atoms with Gasteiger partial charge in [0.15, 0.2) is 0 Å². The Morgan fingerprint density at radius 1 is 1.18 bits per heavy atom. The molecule has 0 bridgehead atoms. The van der Waals surface area contributed by atoms with Gasteiger partial charge in [0, 0.05) is 23.8 Å². The summed E-state index contributed by atoms with van der Waals surface area (Å²) in [6.07, 6.45) is 20.1. The highest BCUT2D eigenvalue weighted by molar-refractivity contribution is 8.00. The van der Waals surface area contributed by atoms with Crippen molar-refractivity contribution in [3.05, 3.63) is 35.5 Å². The number of hydrogen-bond acceptors (Lipinski definition) is 5. The second kappa shape index (κ2) is 14.4. The SMILES string of the molecule is C=C1CC[C@H](OC(=O)CCCC[C@@H]2SC[C@@H]3NC(=O)N[C@@H]32)C/C1=C/C=C1CCC[C@@]2(C)C1CC[C@@H]2[C@H](C)CCCC(C)(C)O. The van der Waals surface area contributed by atoms with Gasteiger partial charge in [-0.2, -0.15) is 11.8 Å². The molecule has 8 atom stereocenters. The number of aliphatic hydroxyl groups is 1. The summed E-state index contributed by atoms with van der Waals surface area (Å²) in [5.74, 6) is 3.01. The molecule has 44 heavy (non-hydrogen) atoms. The summed E-state index contributed by atoms with van der Waals surface area (Å²) in [5, 5.41) is 16.6. The maximum atomic E-state index is 12.7. The topological polar surface area (TPSA) is 87.7 Å². The van der Waals surface area contributed by atoms with Crippen molar-refractivity contribution in [1.82, 2.24) is 10.6 Å². The van der Waals surface area contributed by atoms with E-state index in [1.807, 2.05) is 25.6 Å². The monoisotopic (exact) mass is 626 g/mol. The van der Waals surface area contributed by atoms with Crippen LogP contribution in [0.2, 0.25) is 0 Å². The predicted octanol–water partition coefficient (Wildman–Crippen LogP) is 8.01. The van der Waals surface area contributed by atoms with Gasteiger partial charge in [-0.15, -0.1) is 0 Å². The summed E-state index contributed by atoms with van der Waals surface area (Å²) in [6.45, 7) is 13.2. The van der Waals surface area contributed by atoms with Crippen LogP contribution in [0.3, 0.4) is 0 Å². The molecule has 3 aliphatic carbocycles. The van der Waals surface area contributed by atoms with Crippen molar-refractivity contribution in [3.63, 3.8) is 0 Å². The Kier molecular flexibility index (Phi) is 11.0. The molecule has 2 amide bonds. The van der Waals surface area contributed by atoms with E-state index in [0.717, 1.165) is 63.0 Å². The molecular weight excluding hydrogens is 568 g/mol. The van der Waals surface area contributed by atoms with Crippen LogP contribution >= 0.6 is 11.8 Å². The van der Waals surface area contributed by atoms with Crippen molar-refractivity contribution in [1.29, 1.82) is 0 Å². The van der Waals surface area contributed by atoms with Gasteiger partial charge in [-0.3, -0.25) is 4.79 Å². The lowest BCUT2D eigenvalue weighted by Crippen LogP contribution is -2.36. The fourth-order valence-corrected chi connectivity index (χ4v) is 10.8. The molecule has 1 unspecified atom stereocenters. The van der Waals surface area contributed by atoms with Crippen molar-refractivity contribution in [2.24, 2.45) is 23.2 Å². The number of unbranched alkanes of at least 4 members (excludes halogenated alkanes) is 1. The van der Waals surface area contributed by atoms with Crippen LogP contribution in [0.25, 0.3) is 0 Å². The first kappa shape index (κ1) is 33.6. The van der Waals surface area contributed by atoms with Gasteiger partial charge < -0.3 is 20.5 Å². The van der Waals surface area contributed by atoms with Gasteiger partial charge in [-0.25, -0.2) is 4.79 Å². The van der Waals surface area contributed by atoms with Gasteiger partial charge in [-0.05, 0) is 107 Å². The van der Waals surface area contributed by atoms with Gasteiger partial charge in [0.2, 0.25) is 0 Å². The molecule has 2 saturated heterocycles. The number of esters is 1. The van der Waals surface area contributed by atoms with Crippen molar-refractivity contribution in [2.45, 2.75) is 153 Å². The van der Waals surface area contributed by atoms with E-state index >= 15 is 0 Å². The van der Waals surface area contributed by atoms with E-state index in [-0.39, 0.29) is 30.2 Å². The lowest BCUT2D eigenvalue weighted by molar-refractivity contribution is -0.149. The Bertz CT molecular complexity index is 1130. The van der Waals surface area contributed by atoms with E-state index in [4.69, 9.17) is 4.74 Å². The Morgan fingerprint density at radius 3 is 2.80 bits per heavy atom. The zero-order chi connectivity index (χ0) is 31.5. The first-order chi connectivity index (χ1) is 20.9. The summed E-state index contributed by atoms with van der Waals surface area (Å²) >= 11 is 1.93. The number of carbonyl (C=O) groups is 2. The summed E-state index contributed by atoms with van der Waals surface area (Å²) in [5.41, 5.74) is 3.87. The molecule has 3 N–H and O–H groups in total. The molecule has 5 aliphatic rings. The molecule has 0 aromatic carbocycles. The molecule has 6 nitrogen and oxygen atoms in total. The maximum absolute atomic E-state index is 12.7. The highest BCUT2D eigenvalue weighted by atomic mass is 32.2. The van der Waals surface area contributed by atoms with E-state index < -0.39 is 5.60 Å². The van der Waals surface area contributed by atoms with Crippen LogP contribution in [0.5, 0.6) is 0 Å². The van der Waals surface area contributed by atoms with Crippen LogP contribution in [-0.2, 0) is 9.53 Å². The smallest absolute Gasteiger partial charge is 0.315 e. The van der Waals surface area contributed by atoms with Gasteiger partial charge in [0.05, 0.1) is 17.7 Å². The number of fused-ring (bicyclic) bond motifs is 2. The standard InChI is InChI=1S/C37H58N2O4S/c1-24-14-17-28(43-33(40)13-7-6-12-32-34-31(23-44-32)38-35(41)39-34)22-27(24)16-15-26-11-9-21-37(5)29(18-19-30(26)37)25(2)10-8-20-36(3,4)42/h15-16,25,28-32,34,42H,1,6-14,17-23H2,2-5H3,(H2,38,39,41)/b26-15?,27-16-/t25-,28+,29-,30?,31+,32+,34+,37-/m1/s1. The molecule has 3 saturated carbocycles. The van der Waals surface area contributed by atoms with Crippen LogP contribution in [0.4, 0.5) is 4.79 Å². The average molecular weight is 627 g/mol. The number of carbonyl (C=O) groups excluding carboxylic acids is 2. The van der Waals surface area contributed by atoms with Gasteiger partial charge >= 0.3 is 12.0 Å². The molecule has 0 spiro atoms. The number of allylic oxidation sites excluding steroid dienone is 4. The van der Waals surface area contributed by atoms with Crippen molar-refractivity contribution < 1.29 is 19.4 Å². The summed E-state index contributed by atoms with van der Waals surface area (Å²) < 4.78 is 5.97. The van der Waals surface area contributed by atoms with E-state index in [9.17, 15) is 14.7 Å². The number of urea groups is 1. The third-order valence-electron chi connectivity index (χ3n) is 11.7. The first-order valence-corrected chi connectivity index (χ1v) is 18.7. The second-order valence-corrected chi connectivity index (χ2v) is 16.8. The Morgan fingerprint density at radius 2 is 2.00 bits per heavy atom. The van der Waals surface area contributed by atoms with Crippen molar-refractivity contribution in [3.8, 4) is 0 Å². The van der Waals surface area contributed by atoms with Crippen molar-refractivity contribution in [2.75, 3.05) is 5.75 Å². The molecule has 0 radical (unpaired) electrons. The van der Waals surface area contributed by atoms with E-state index in [1.165, 1.54) is 49.7 Å². The number of ether oxygens (including phenoxy) is 1. The summed E-state index contributed by atoms with van der Waals surface area (Å²) in [6, 6.07) is 0.438. The lowest BCUT2D eigenvalue weighted by atomic mass is 9.60. The molecule has 0 aromatic heterocycles. The maximum Gasteiger partial charge on any atom is 0.315 e. The van der Waals surface area contributed by atoms with Crippen LogP contribution in [0, 0.1) is 23.2 Å². The van der Waals surface area contributed by atoms with Gasteiger partial charge in [-0.1, -0.05) is 63.0 Å². The highest BCUT2D eigenvalue weighted by Gasteiger charge is 2.50. The highest BCUT2D eigenvalue weighted by Crippen LogP contribution is 2.60. The van der Waals surface area contributed by atoms with Crippen LogP contribution in [0.15, 0.2) is 35.5 Å². The van der Waals surface area contributed by atoms with Gasteiger partial charge in [0.25, 0.3) is 0 Å². The summed E-state index contributed by atoms with van der Waals surface area (Å²) in [4.78, 5) is 24.3. The molecule has 2 heterocycles. The molecule has 2 aliphatic heterocycles. The minimum atomic E-state index is -0.565. The fraction of sp³-hybridized carbons (Fsp3) is 0.784. The van der Waals surface area contributed by atoms with Crippen LogP contribution in [-0.4, -0.2) is 51.9 Å². The largest absolute Gasteiger partial charge is 0.462 e. The molecule has 7 heteroatoms. The van der Waals surface area contributed by atoms with E-state index in [1.54, 1.807) is 5.57 Å². The normalized spacial score (nSPS) is 36.2. The average Bonchev–Trinajstić information content (AvgIpc) is 3.62. The number of nitrogens with one attached hydrogen (secondary N) is 2. The quantitative estimate of drug-likeness (QED) is 0.116. The molecule has 0 aromatic rings. The van der Waals surface area contributed by atoms with Gasteiger partial charge in [0.1, 0.15) is 6.10 Å². The van der Waals surface area contributed by atoms with E-state index in [2.05, 4.69) is 43.2 Å². The zero-order valence-corrected chi connectivity index (χ0v) is 28.6. The minimum absolute atomic E-state index is 0.0433. The number of hydrogen-bond donors (Lipinski definition) is 3. The van der Waals surface area contributed by atoms with Crippen LogP contribution in [0.1, 0.15) is 124 Å². The summed E-state index contributed by atoms with van der Waals surface area (Å²) in [7, 11) is 0. The molecule has 5 fully saturated rings. The fourth-order valence-electron chi connectivity index (χ4n) is 9.26. The third kappa shape index (κ3) is 8.15. The Balaban J connectivity index is 1.09. The molecular formula is C37H58N2O4S. The Hall–Kier alpha value is -1.73. The number of thioether (sulfide) groups is 1. The second-order valence-electron chi connectivity index (χ2n) is 15.5. The van der Waals surface area contributed by atoms with E-state index in [0.29, 0.717) is 28.9 Å². The minimum Gasteiger partial charge on any atom is -0.462 e. The molecule has 5 rings (SSSR count). The number of rotatable bonds is 12. The molecule has 246 valence electrons. The third-order valence-corrected chi connectivity index (χ3v) is 13.2. The Labute approximate surface area is 270 Å². The predicted molar refractivity (Wildman–Crippen MR) is 180 cm³/mol. The van der Waals surface area contributed by atoms with Crippen LogP contribution < -0.4 is 10.6 Å². The first-order valence-electron chi connectivity index (χ1n) is 17.6.